The molecule has 64 valence electrons. The first-order valence-electron chi connectivity index (χ1n) is 3.62. The minimum absolute atomic E-state index is 0.504. The number of ether oxygens (including phenoxy) is 2. The van der Waals surface area contributed by atoms with E-state index in [0.29, 0.717) is 35.4 Å². The van der Waals surface area contributed by atoms with E-state index in [0.717, 1.165) is 0 Å². The van der Waals surface area contributed by atoms with E-state index in [-0.39, 0.29) is 0 Å². The Morgan fingerprint density at radius 2 is 2.00 bits per heavy atom. The van der Waals surface area contributed by atoms with Crippen LogP contribution in [0.2, 0.25) is 5.02 Å². The molecule has 2 rings (SSSR count). The van der Waals surface area contributed by atoms with Gasteiger partial charge in [0.05, 0.1) is 5.02 Å². The molecule has 0 bridgehead atoms. The maximum absolute atomic E-state index is 5.86. The quantitative estimate of drug-likeness (QED) is 0.626. The Morgan fingerprint density at radius 1 is 1.25 bits per heavy atom. The third kappa shape index (κ3) is 1.16. The number of benzene rings is 1. The molecular formula is C8H8ClNO2. The van der Waals surface area contributed by atoms with Gasteiger partial charge in [-0.1, -0.05) is 11.6 Å². The van der Waals surface area contributed by atoms with Crippen LogP contribution in [0.4, 0.5) is 5.69 Å². The van der Waals surface area contributed by atoms with E-state index in [1.807, 2.05) is 0 Å². The van der Waals surface area contributed by atoms with E-state index >= 15 is 0 Å². The Bertz CT molecular complexity index is 314. The van der Waals surface area contributed by atoms with Crippen molar-refractivity contribution in [2.24, 2.45) is 0 Å². The molecule has 0 radical (unpaired) electrons. The van der Waals surface area contributed by atoms with E-state index < -0.39 is 0 Å². The van der Waals surface area contributed by atoms with E-state index in [4.69, 9.17) is 26.8 Å². The first-order valence-corrected chi connectivity index (χ1v) is 4.00. The number of nitrogens with two attached hydrogens (primary N) is 1. The summed E-state index contributed by atoms with van der Waals surface area (Å²) in [5, 5.41) is 0.504. The van der Waals surface area contributed by atoms with Crippen molar-refractivity contribution in [3.05, 3.63) is 17.2 Å². The van der Waals surface area contributed by atoms with Crippen LogP contribution in [0.15, 0.2) is 12.1 Å². The van der Waals surface area contributed by atoms with Gasteiger partial charge >= 0.3 is 0 Å². The topological polar surface area (TPSA) is 44.5 Å². The molecule has 0 amide bonds. The molecule has 0 atom stereocenters. The second kappa shape index (κ2) is 2.75. The highest BCUT2D eigenvalue weighted by atomic mass is 35.5. The lowest BCUT2D eigenvalue weighted by Crippen LogP contribution is -2.15. The predicted molar refractivity (Wildman–Crippen MR) is 46.9 cm³/mol. The van der Waals surface area contributed by atoms with Gasteiger partial charge in [-0.2, -0.15) is 0 Å². The van der Waals surface area contributed by atoms with Crippen LogP contribution in [0.5, 0.6) is 11.5 Å². The van der Waals surface area contributed by atoms with Crippen LogP contribution in [0.25, 0.3) is 0 Å². The highest BCUT2D eigenvalue weighted by Gasteiger charge is 2.15. The SMILES string of the molecule is Nc1cc(Cl)c2c(c1)OCCO2. The van der Waals surface area contributed by atoms with Gasteiger partial charge in [0.2, 0.25) is 0 Å². The normalized spacial score (nSPS) is 14.4. The fraction of sp³-hybridized carbons (Fsp3) is 0.250. The summed E-state index contributed by atoms with van der Waals surface area (Å²) in [6.07, 6.45) is 0. The number of rotatable bonds is 0. The van der Waals surface area contributed by atoms with Crippen molar-refractivity contribution in [2.75, 3.05) is 18.9 Å². The van der Waals surface area contributed by atoms with Crippen molar-refractivity contribution < 1.29 is 9.47 Å². The van der Waals surface area contributed by atoms with Gasteiger partial charge in [0.25, 0.3) is 0 Å². The number of halogens is 1. The largest absolute Gasteiger partial charge is 0.486 e. The molecule has 1 heterocycles. The van der Waals surface area contributed by atoms with Gasteiger partial charge in [0.15, 0.2) is 11.5 Å². The predicted octanol–water partition coefficient (Wildman–Crippen LogP) is 1.69. The Kier molecular flexibility index (Phi) is 1.73. The molecule has 3 nitrogen and oxygen atoms in total. The van der Waals surface area contributed by atoms with Gasteiger partial charge in [-0.25, -0.2) is 0 Å². The molecule has 4 heteroatoms. The fourth-order valence-corrected chi connectivity index (χ4v) is 1.40. The highest BCUT2D eigenvalue weighted by molar-refractivity contribution is 6.32. The minimum atomic E-state index is 0.504. The molecule has 12 heavy (non-hydrogen) atoms. The summed E-state index contributed by atoms with van der Waals surface area (Å²) in [6, 6.07) is 3.36. The summed E-state index contributed by atoms with van der Waals surface area (Å²) < 4.78 is 10.6. The molecule has 2 N–H and O–H groups in total. The zero-order valence-corrected chi connectivity index (χ0v) is 7.10. The van der Waals surface area contributed by atoms with Gasteiger partial charge in [-0.15, -0.1) is 0 Å². The third-order valence-electron chi connectivity index (χ3n) is 1.62. The molecule has 1 aliphatic rings. The number of nitrogen functional groups attached to an aromatic ring is 1. The van der Waals surface area contributed by atoms with Crippen molar-refractivity contribution in [3.8, 4) is 11.5 Å². The van der Waals surface area contributed by atoms with Gasteiger partial charge < -0.3 is 15.2 Å². The van der Waals surface area contributed by atoms with Crippen LogP contribution < -0.4 is 15.2 Å². The van der Waals surface area contributed by atoms with Crippen LogP contribution in [0.3, 0.4) is 0 Å². The molecule has 1 aliphatic heterocycles. The van der Waals surface area contributed by atoms with Gasteiger partial charge in [-0.3, -0.25) is 0 Å². The number of hydrogen-bond donors (Lipinski definition) is 1. The fourth-order valence-electron chi connectivity index (χ4n) is 1.13. The minimum Gasteiger partial charge on any atom is -0.486 e. The molecule has 0 saturated heterocycles. The van der Waals surface area contributed by atoms with Crippen LogP contribution in [0.1, 0.15) is 0 Å². The van der Waals surface area contributed by atoms with E-state index in [9.17, 15) is 0 Å². The number of hydrogen-bond acceptors (Lipinski definition) is 3. The van der Waals surface area contributed by atoms with E-state index in [1.54, 1.807) is 12.1 Å². The molecule has 0 unspecified atom stereocenters. The summed E-state index contributed by atoms with van der Waals surface area (Å²) >= 11 is 5.86. The first-order chi connectivity index (χ1) is 5.77. The summed E-state index contributed by atoms with van der Waals surface area (Å²) in [4.78, 5) is 0. The second-order valence-electron chi connectivity index (χ2n) is 2.53. The molecular weight excluding hydrogens is 178 g/mol. The molecule has 0 fully saturated rings. The lowest BCUT2D eigenvalue weighted by atomic mass is 10.2. The Labute approximate surface area is 75.0 Å². The first kappa shape index (κ1) is 7.55. The van der Waals surface area contributed by atoms with Crippen molar-refractivity contribution >= 4 is 17.3 Å². The van der Waals surface area contributed by atoms with Crippen LogP contribution in [-0.2, 0) is 0 Å². The lowest BCUT2D eigenvalue weighted by Gasteiger charge is -2.19. The molecule has 0 aromatic heterocycles. The van der Waals surface area contributed by atoms with E-state index in [2.05, 4.69) is 0 Å². The lowest BCUT2D eigenvalue weighted by molar-refractivity contribution is 0.172. The van der Waals surface area contributed by atoms with Crippen molar-refractivity contribution in [1.82, 2.24) is 0 Å². The van der Waals surface area contributed by atoms with Crippen LogP contribution in [-0.4, -0.2) is 13.2 Å². The van der Waals surface area contributed by atoms with E-state index in [1.165, 1.54) is 0 Å². The maximum Gasteiger partial charge on any atom is 0.180 e. The van der Waals surface area contributed by atoms with Gasteiger partial charge in [-0.05, 0) is 6.07 Å². The zero-order valence-electron chi connectivity index (χ0n) is 6.34. The molecule has 1 aromatic rings. The van der Waals surface area contributed by atoms with Crippen LogP contribution >= 0.6 is 11.6 Å². The standard InChI is InChI=1S/C8H8ClNO2/c9-6-3-5(10)4-7-8(6)12-2-1-11-7/h3-4H,1-2,10H2. The molecule has 1 aromatic carbocycles. The smallest absolute Gasteiger partial charge is 0.180 e. The average molecular weight is 186 g/mol. The van der Waals surface area contributed by atoms with Gasteiger partial charge in [0, 0.05) is 11.8 Å². The van der Waals surface area contributed by atoms with Crippen LogP contribution in [0, 0.1) is 0 Å². The van der Waals surface area contributed by atoms with Crippen molar-refractivity contribution in [1.29, 1.82) is 0 Å². The second-order valence-corrected chi connectivity index (χ2v) is 2.93. The molecule has 0 saturated carbocycles. The summed E-state index contributed by atoms with van der Waals surface area (Å²) in [6.45, 7) is 1.09. The molecule has 0 spiro atoms. The Hall–Kier alpha value is -1.09. The summed E-state index contributed by atoms with van der Waals surface area (Å²) in [7, 11) is 0. The van der Waals surface area contributed by atoms with Gasteiger partial charge in [0.1, 0.15) is 13.2 Å². The number of anilines is 1. The van der Waals surface area contributed by atoms with Crippen molar-refractivity contribution in [2.45, 2.75) is 0 Å². The Morgan fingerprint density at radius 3 is 2.83 bits per heavy atom. The Balaban J connectivity index is 2.53. The zero-order chi connectivity index (χ0) is 8.55. The average Bonchev–Trinajstić information content (AvgIpc) is 2.04. The highest BCUT2D eigenvalue weighted by Crippen LogP contribution is 2.38. The number of fused-ring (bicyclic) bond motifs is 1. The summed E-state index contributed by atoms with van der Waals surface area (Å²) in [5.74, 6) is 1.23. The molecule has 0 aliphatic carbocycles. The summed E-state index contributed by atoms with van der Waals surface area (Å²) in [5.41, 5.74) is 6.15. The maximum atomic E-state index is 5.86. The monoisotopic (exact) mass is 185 g/mol. The van der Waals surface area contributed by atoms with Crippen molar-refractivity contribution in [3.63, 3.8) is 0 Å². The third-order valence-corrected chi connectivity index (χ3v) is 1.90.